The molecule has 2 atom stereocenters. The lowest BCUT2D eigenvalue weighted by Gasteiger charge is -2.34. The van der Waals surface area contributed by atoms with E-state index in [0.29, 0.717) is 12.0 Å². The molecule has 3 nitrogen and oxygen atoms in total. The smallest absolute Gasteiger partial charge is 0.235 e. The fourth-order valence-corrected chi connectivity index (χ4v) is 3.47. The summed E-state index contributed by atoms with van der Waals surface area (Å²) < 4.78 is 0. The van der Waals surface area contributed by atoms with Crippen molar-refractivity contribution in [3.63, 3.8) is 0 Å². The number of hydrogen-bond donors (Lipinski definition) is 0. The van der Waals surface area contributed by atoms with E-state index in [-0.39, 0.29) is 11.3 Å². The van der Waals surface area contributed by atoms with Crippen LogP contribution in [0.4, 0.5) is 0 Å². The van der Waals surface area contributed by atoms with E-state index in [1.54, 1.807) is 0 Å². The van der Waals surface area contributed by atoms with Crippen molar-refractivity contribution >= 4 is 5.91 Å². The lowest BCUT2D eigenvalue weighted by molar-refractivity contribution is -0.134. The van der Waals surface area contributed by atoms with Crippen molar-refractivity contribution in [3.05, 3.63) is 24.0 Å². The van der Waals surface area contributed by atoms with Gasteiger partial charge in [-0.1, -0.05) is 46.6 Å². The van der Waals surface area contributed by atoms with Gasteiger partial charge in [0.2, 0.25) is 5.91 Å². The SMILES string of the molecule is CCCC[C@H]1C=CN(C(=O)C(C)(C)C)C=C1[C@@H]1CCCN1C. The van der Waals surface area contributed by atoms with E-state index in [1.807, 2.05) is 31.9 Å². The standard InChI is InChI=1S/C19H32N2O/c1-6-7-9-15-11-13-21(18(22)19(2,3)4)14-16(15)17-10-8-12-20(17)5/h11,13-15,17H,6-10,12H2,1-5H3/t15-,17-/m0/s1. The minimum Gasteiger partial charge on any atom is -0.300 e. The van der Waals surface area contributed by atoms with Crippen molar-refractivity contribution in [2.45, 2.75) is 65.8 Å². The quantitative estimate of drug-likeness (QED) is 0.778. The maximum Gasteiger partial charge on any atom is 0.235 e. The van der Waals surface area contributed by atoms with Crippen LogP contribution < -0.4 is 0 Å². The molecule has 0 aromatic rings. The highest BCUT2D eigenvalue weighted by Gasteiger charge is 2.33. The molecule has 3 heteroatoms. The van der Waals surface area contributed by atoms with Gasteiger partial charge in [0.15, 0.2) is 0 Å². The van der Waals surface area contributed by atoms with E-state index in [4.69, 9.17) is 0 Å². The van der Waals surface area contributed by atoms with Crippen LogP contribution in [0.1, 0.15) is 59.8 Å². The van der Waals surface area contributed by atoms with Crippen LogP contribution in [0.25, 0.3) is 0 Å². The van der Waals surface area contributed by atoms with Crippen molar-refractivity contribution < 1.29 is 4.79 Å². The molecule has 2 rings (SSSR count). The molecule has 0 aromatic heterocycles. The zero-order valence-electron chi connectivity index (χ0n) is 14.9. The topological polar surface area (TPSA) is 23.6 Å². The molecule has 0 bridgehead atoms. The van der Waals surface area contributed by atoms with Gasteiger partial charge in [-0.05, 0) is 38.4 Å². The zero-order chi connectivity index (χ0) is 16.3. The second-order valence-corrected chi connectivity index (χ2v) is 7.82. The average molecular weight is 304 g/mol. The van der Waals surface area contributed by atoms with E-state index in [2.05, 4.69) is 31.1 Å². The Bertz CT molecular complexity index is 459. The predicted octanol–water partition coefficient (Wildman–Crippen LogP) is 4.17. The van der Waals surface area contributed by atoms with Crippen LogP contribution in [-0.2, 0) is 4.79 Å². The first kappa shape index (κ1) is 17.3. The number of likely N-dealkylation sites (N-methyl/N-ethyl adjacent to an activating group) is 1. The Kier molecular flexibility index (Phi) is 5.49. The molecule has 0 aromatic carbocycles. The van der Waals surface area contributed by atoms with Crippen molar-refractivity contribution in [2.75, 3.05) is 13.6 Å². The Morgan fingerprint density at radius 1 is 1.36 bits per heavy atom. The van der Waals surface area contributed by atoms with Gasteiger partial charge in [-0.15, -0.1) is 0 Å². The lowest BCUT2D eigenvalue weighted by atomic mass is 9.85. The largest absolute Gasteiger partial charge is 0.300 e. The summed E-state index contributed by atoms with van der Waals surface area (Å²) in [5, 5.41) is 0. The summed E-state index contributed by atoms with van der Waals surface area (Å²) in [6.07, 6.45) is 12.5. The molecule has 22 heavy (non-hydrogen) atoms. The molecular weight excluding hydrogens is 272 g/mol. The molecule has 0 spiro atoms. The molecule has 1 fully saturated rings. The number of unbranched alkanes of at least 4 members (excludes halogenated alkanes) is 1. The van der Waals surface area contributed by atoms with Gasteiger partial charge in [0.1, 0.15) is 0 Å². The summed E-state index contributed by atoms with van der Waals surface area (Å²) in [5.41, 5.74) is 1.10. The molecule has 0 N–H and O–H groups in total. The number of hydrogen-bond acceptors (Lipinski definition) is 2. The molecule has 2 heterocycles. The first-order valence-electron chi connectivity index (χ1n) is 8.77. The molecule has 0 unspecified atom stereocenters. The third-order valence-corrected chi connectivity index (χ3v) is 4.85. The third-order valence-electron chi connectivity index (χ3n) is 4.85. The van der Waals surface area contributed by atoms with E-state index in [0.717, 1.165) is 0 Å². The van der Waals surface area contributed by atoms with Gasteiger partial charge in [0.05, 0.1) is 0 Å². The van der Waals surface area contributed by atoms with Crippen LogP contribution in [0.5, 0.6) is 0 Å². The highest BCUT2D eigenvalue weighted by atomic mass is 16.2. The fraction of sp³-hybridized carbons (Fsp3) is 0.737. The normalized spacial score (nSPS) is 26.4. The molecule has 2 aliphatic rings. The second-order valence-electron chi connectivity index (χ2n) is 7.82. The molecule has 0 aliphatic carbocycles. The van der Waals surface area contributed by atoms with Crippen LogP contribution in [0, 0.1) is 11.3 Å². The molecule has 0 saturated carbocycles. The molecular formula is C19H32N2O. The summed E-state index contributed by atoms with van der Waals surface area (Å²) in [5.74, 6) is 0.672. The van der Waals surface area contributed by atoms with Crippen LogP contribution in [0.2, 0.25) is 0 Å². The first-order valence-corrected chi connectivity index (χ1v) is 8.77. The van der Waals surface area contributed by atoms with Crippen molar-refractivity contribution in [1.82, 2.24) is 9.80 Å². The molecule has 2 aliphatic heterocycles. The van der Waals surface area contributed by atoms with Gasteiger partial charge < -0.3 is 0 Å². The minimum absolute atomic E-state index is 0.177. The van der Waals surface area contributed by atoms with Gasteiger partial charge in [0, 0.05) is 29.8 Å². The van der Waals surface area contributed by atoms with Gasteiger partial charge in [-0.25, -0.2) is 0 Å². The number of likely N-dealkylation sites (tertiary alicyclic amines) is 1. The summed E-state index contributed by atoms with van der Waals surface area (Å²) in [4.78, 5) is 16.9. The summed E-state index contributed by atoms with van der Waals surface area (Å²) in [7, 11) is 2.21. The zero-order valence-corrected chi connectivity index (χ0v) is 14.9. The Labute approximate surface area is 136 Å². The maximum absolute atomic E-state index is 12.6. The lowest BCUT2D eigenvalue weighted by Crippen LogP contribution is -2.37. The molecule has 124 valence electrons. The van der Waals surface area contributed by atoms with Crippen molar-refractivity contribution in [1.29, 1.82) is 0 Å². The maximum atomic E-state index is 12.6. The van der Waals surface area contributed by atoms with E-state index >= 15 is 0 Å². The van der Waals surface area contributed by atoms with Gasteiger partial charge in [0.25, 0.3) is 0 Å². The van der Waals surface area contributed by atoms with E-state index in [9.17, 15) is 4.79 Å². The summed E-state index contributed by atoms with van der Waals surface area (Å²) in [6, 6.07) is 0.502. The van der Waals surface area contributed by atoms with Gasteiger partial charge in [-0.2, -0.15) is 0 Å². The number of nitrogens with zero attached hydrogens (tertiary/aromatic N) is 2. The van der Waals surface area contributed by atoms with Crippen LogP contribution in [0.3, 0.4) is 0 Å². The highest BCUT2D eigenvalue weighted by molar-refractivity contribution is 5.83. The molecule has 0 radical (unpaired) electrons. The third kappa shape index (κ3) is 3.81. The minimum atomic E-state index is -0.343. The van der Waals surface area contributed by atoms with Crippen LogP contribution in [0.15, 0.2) is 24.0 Å². The Hall–Kier alpha value is -1.09. The van der Waals surface area contributed by atoms with E-state index in [1.165, 1.54) is 44.2 Å². The Balaban J connectivity index is 2.23. The van der Waals surface area contributed by atoms with Crippen LogP contribution >= 0.6 is 0 Å². The van der Waals surface area contributed by atoms with E-state index < -0.39 is 0 Å². The number of amides is 1. The van der Waals surface area contributed by atoms with Crippen LogP contribution in [-0.4, -0.2) is 35.3 Å². The second kappa shape index (κ2) is 6.99. The average Bonchev–Trinajstić information content (AvgIpc) is 2.89. The molecule has 1 saturated heterocycles. The van der Waals surface area contributed by atoms with Crippen molar-refractivity contribution in [3.8, 4) is 0 Å². The monoisotopic (exact) mass is 304 g/mol. The van der Waals surface area contributed by atoms with Gasteiger partial charge in [-0.3, -0.25) is 14.6 Å². The van der Waals surface area contributed by atoms with Gasteiger partial charge >= 0.3 is 0 Å². The molecule has 1 amide bonds. The predicted molar refractivity (Wildman–Crippen MR) is 92.2 cm³/mol. The first-order chi connectivity index (χ1) is 10.3. The summed E-state index contributed by atoms with van der Waals surface area (Å²) in [6.45, 7) is 9.37. The number of carbonyl (C=O) groups is 1. The Morgan fingerprint density at radius 2 is 2.09 bits per heavy atom. The Morgan fingerprint density at radius 3 is 2.64 bits per heavy atom. The fourth-order valence-electron chi connectivity index (χ4n) is 3.47. The number of rotatable bonds is 4. The summed E-state index contributed by atoms with van der Waals surface area (Å²) >= 11 is 0. The number of allylic oxidation sites excluding steroid dienone is 1. The highest BCUT2D eigenvalue weighted by Crippen LogP contribution is 2.34. The van der Waals surface area contributed by atoms with Crippen molar-refractivity contribution in [2.24, 2.45) is 11.3 Å². The number of carbonyl (C=O) groups excluding carboxylic acids is 1.